The summed E-state index contributed by atoms with van der Waals surface area (Å²) in [6.45, 7) is 1.29. The highest BCUT2D eigenvalue weighted by molar-refractivity contribution is 8.93. The Bertz CT molecular complexity index is 285. The fourth-order valence-corrected chi connectivity index (χ4v) is 2.34. The molecule has 0 bridgehead atoms. The normalized spacial score (nSPS) is 24.3. The third-order valence-corrected chi connectivity index (χ3v) is 3.12. The average Bonchev–Trinajstić information content (AvgIpc) is 2.47. The van der Waals surface area contributed by atoms with Crippen LogP contribution in [0.25, 0.3) is 0 Å². The maximum atomic E-state index is 4.18. The summed E-state index contributed by atoms with van der Waals surface area (Å²) in [6.07, 6.45) is 6.50. The molecule has 0 N–H and O–H groups in total. The molecule has 2 heterocycles. The van der Waals surface area contributed by atoms with Gasteiger partial charge in [-0.15, -0.1) is 17.0 Å². The summed E-state index contributed by atoms with van der Waals surface area (Å²) in [5, 5.41) is 0. The van der Waals surface area contributed by atoms with E-state index in [1.54, 1.807) is 0 Å². The predicted molar refractivity (Wildman–Crippen MR) is 63.5 cm³/mol. The number of halogens is 1. The lowest BCUT2D eigenvalue weighted by molar-refractivity contribution is -0.908. The highest BCUT2D eigenvalue weighted by Gasteiger charge is 2.34. The lowest BCUT2D eigenvalue weighted by atomic mass is 10.1. The quantitative estimate of drug-likeness (QED) is 0.705. The van der Waals surface area contributed by atoms with E-state index in [1.807, 2.05) is 18.5 Å². The Labute approximate surface area is 96.3 Å². The second-order valence-corrected chi connectivity index (χ2v) is 4.45. The van der Waals surface area contributed by atoms with Crippen molar-refractivity contribution in [1.82, 2.24) is 4.98 Å². The first-order chi connectivity index (χ1) is 6.20. The van der Waals surface area contributed by atoms with E-state index in [0.717, 1.165) is 4.48 Å². The number of rotatable bonds is 1. The molecule has 1 fully saturated rings. The van der Waals surface area contributed by atoms with Crippen molar-refractivity contribution >= 4 is 17.0 Å². The number of aromatic nitrogens is 1. The van der Waals surface area contributed by atoms with Gasteiger partial charge in [-0.3, -0.25) is 4.98 Å². The molecular formula is C11H18BrN2+. The van der Waals surface area contributed by atoms with E-state index in [9.17, 15) is 0 Å². The highest BCUT2D eigenvalue weighted by atomic mass is 79.9. The molecule has 1 aliphatic heterocycles. The van der Waals surface area contributed by atoms with Gasteiger partial charge in [-0.2, -0.15) is 0 Å². The SMILES string of the molecule is Br.C[N+]1(C)CCCC1c1cccnc1. The molecule has 0 radical (unpaired) electrons. The maximum Gasteiger partial charge on any atom is 0.116 e. The van der Waals surface area contributed by atoms with Crippen LogP contribution < -0.4 is 0 Å². The molecule has 1 aromatic heterocycles. The van der Waals surface area contributed by atoms with Crippen LogP contribution in [0, 0.1) is 0 Å². The van der Waals surface area contributed by atoms with E-state index in [-0.39, 0.29) is 17.0 Å². The average molecular weight is 258 g/mol. The first-order valence-corrected chi connectivity index (χ1v) is 4.93. The van der Waals surface area contributed by atoms with Crippen LogP contribution in [0.3, 0.4) is 0 Å². The van der Waals surface area contributed by atoms with E-state index in [1.165, 1.54) is 24.9 Å². The zero-order valence-electron chi connectivity index (χ0n) is 8.81. The standard InChI is InChI=1S/C11H17N2.BrH/c1-13(2)8-4-6-11(13)10-5-3-7-12-9-10;/h3,5,7,9,11H,4,6,8H2,1-2H3;1H/q+1;. The van der Waals surface area contributed by atoms with Gasteiger partial charge in [0.05, 0.1) is 20.6 Å². The first kappa shape index (κ1) is 11.7. The topological polar surface area (TPSA) is 12.9 Å². The van der Waals surface area contributed by atoms with Crippen LogP contribution in [-0.2, 0) is 0 Å². The fraction of sp³-hybridized carbons (Fsp3) is 0.545. The van der Waals surface area contributed by atoms with E-state index in [4.69, 9.17) is 0 Å². The fourth-order valence-electron chi connectivity index (χ4n) is 2.34. The molecule has 3 heteroatoms. The number of likely N-dealkylation sites (tertiary alicyclic amines) is 1. The lowest BCUT2D eigenvalue weighted by Gasteiger charge is -2.31. The number of pyridine rings is 1. The van der Waals surface area contributed by atoms with E-state index in [0.29, 0.717) is 6.04 Å². The summed E-state index contributed by atoms with van der Waals surface area (Å²) in [6, 6.07) is 4.89. The van der Waals surface area contributed by atoms with Crippen LogP contribution in [0.2, 0.25) is 0 Å². The van der Waals surface area contributed by atoms with Crippen molar-refractivity contribution in [2.75, 3.05) is 20.6 Å². The molecule has 2 nitrogen and oxygen atoms in total. The number of quaternary nitrogens is 1. The van der Waals surface area contributed by atoms with Gasteiger partial charge < -0.3 is 4.48 Å². The summed E-state index contributed by atoms with van der Waals surface area (Å²) in [7, 11) is 4.62. The Morgan fingerprint density at radius 3 is 2.71 bits per heavy atom. The second kappa shape index (κ2) is 4.41. The van der Waals surface area contributed by atoms with Gasteiger partial charge >= 0.3 is 0 Å². The van der Waals surface area contributed by atoms with Crippen molar-refractivity contribution in [3.8, 4) is 0 Å². The number of hydrogen-bond acceptors (Lipinski definition) is 1. The zero-order chi connectivity index (χ0) is 9.31. The Morgan fingerprint density at radius 2 is 2.21 bits per heavy atom. The third kappa shape index (κ3) is 2.15. The maximum absolute atomic E-state index is 4.18. The number of hydrogen-bond donors (Lipinski definition) is 0. The molecular weight excluding hydrogens is 240 g/mol. The van der Waals surface area contributed by atoms with Gasteiger partial charge in [0.1, 0.15) is 6.04 Å². The summed E-state index contributed by atoms with van der Waals surface area (Å²) in [5.74, 6) is 0. The van der Waals surface area contributed by atoms with Gasteiger partial charge in [0.15, 0.2) is 0 Å². The molecule has 1 saturated heterocycles. The van der Waals surface area contributed by atoms with Crippen molar-refractivity contribution in [2.45, 2.75) is 18.9 Å². The van der Waals surface area contributed by atoms with Crippen molar-refractivity contribution < 1.29 is 4.48 Å². The minimum Gasteiger partial charge on any atom is -0.322 e. The van der Waals surface area contributed by atoms with E-state index in [2.05, 4.69) is 25.1 Å². The first-order valence-electron chi connectivity index (χ1n) is 4.93. The molecule has 0 aromatic carbocycles. The summed E-state index contributed by atoms with van der Waals surface area (Å²) >= 11 is 0. The van der Waals surface area contributed by atoms with Crippen LogP contribution in [0.15, 0.2) is 24.5 Å². The van der Waals surface area contributed by atoms with Crippen molar-refractivity contribution in [1.29, 1.82) is 0 Å². The highest BCUT2D eigenvalue weighted by Crippen LogP contribution is 2.35. The van der Waals surface area contributed by atoms with Gasteiger partial charge in [-0.05, 0) is 6.07 Å². The Balaban J connectivity index is 0.000000980. The monoisotopic (exact) mass is 257 g/mol. The predicted octanol–water partition coefficient (Wildman–Crippen LogP) is 2.57. The summed E-state index contributed by atoms with van der Waals surface area (Å²) in [5.41, 5.74) is 1.39. The molecule has 1 aliphatic rings. The molecule has 1 aromatic rings. The van der Waals surface area contributed by atoms with Crippen molar-refractivity contribution in [2.24, 2.45) is 0 Å². The molecule has 2 rings (SSSR count). The van der Waals surface area contributed by atoms with Crippen LogP contribution in [0.5, 0.6) is 0 Å². The zero-order valence-corrected chi connectivity index (χ0v) is 10.5. The minimum atomic E-state index is 0. The molecule has 14 heavy (non-hydrogen) atoms. The Kier molecular flexibility index (Phi) is 3.67. The van der Waals surface area contributed by atoms with E-state index >= 15 is 0 Å². The molecule has 0 amide bonds. The van der Waals surface area contributed by atoms with Gasteiger partial charge in [0.2, 0.25) is 0 Å². The van der Waals surface area contributed by atoms with Crippen LogP contribution in [-0.4, -0.2) is 30.1 Å². The van der Waals surface area contributed by atoms with E-state index < -0.39 is 0 Å². The van der Waals surface area contributed by atoms with Gasteiger partial charge in [-0.25, -0.2) is 0 Å². The van der Waals surface area contributed by atoms with Crippen LogP contribution >= 0.6 is 17.0 Å². The van der Waals surface area contributed by atoms with Gasteiger partial charge in [0.25, 0.3) is 0 Å². The molecule has 0 saturated carbocycles. The second-order valence-electron chi connectivity index (χ2n) is 4.45. The Hall–Kier alpha value is -0.410. The number of nitrogens with zero attached hydrogens (tertiary/aromatic N) is 2. The molecule has 1 unspecified atom stereocenters. The van der Waals surface area contributed by atoms with Gasteiger partial charge in [0, 0.05) is 30.8 Å². The molecule has 0 spiro atoms. The van der Waals surface area contributed by atoms with Crippen LogP contribution in [0.1, 0.15) is 24.4 Å². The van der Waals surface area contributed by atoms with Crippen molar-refractivity contribution in [3.05, 3.63) is 30.1 Å². The van der Waals surface area contributed by atoms with Gasteiger partial charge in [-0.1, -0.05) is 6.07 Å². The molecule has 0 aliphatic carbocycles. The molecule has 1 atom stereocenters. The third-order valence-electron chi connectivity index (χ3n) is 3.12. The smallest absolute Gasteiger partial charge is 0.116 e. The Morgan fingerprint density at radius 1 is 1.43 bits per heavy atom. The summed E-state index contributed by atoms with van der Waals surface area (Å²) in [4.78, 5) is 4.18. The summed E-state index contributed by atoms with van der Waals surface area (Å²) < 4.78 is 1.12. The van der Waals surface area contributed by atoms with Crippen molar-refractivity contribution in [3.63, 3.8) is 0 Å². The largest absolute Gasteiger partial charge is 0.322 e. The van der Waals surface area contributed by atoms with Crippen LogP contribution in [0.4, 0.5) is 0 Å². The minimum absolute atomic E-state index is 0. The molecule has 78 valence electrons. The lowest BCUT2D eigenvalue weighted by Crippen LogP contribution is -2.38.